The quantitative estimate of drug-likeness (QED) is 0.295. The maximum Gasteiger partial charge on any atom is 0.456 e. The highest BCUT2D eigenvalue weighted by Gasteiger charge is 2.58. The molecule has 1 aliphatic carbocycles. The Labute approximate surface area is 182 Å². The molecular weight excluding hydrogens is 434 g/mol. The molecular formula is C23H32F6OSi. The van der Waals surface area contributed by atoms with E-state index in [2.05, 4.69) is 11.7 Å². The van der Waals surface area contributed by atoms with Gasteiger partial charge in [0.15, 0.2) is 18.2 Å². The fourth-order valence-corrected chi connectivity index (χ4v) is 8.90. The minimum atomic E-state index is -5.72. The second kappa shape index (κ2) is 10.2. The Morgan fingerprint density at radius 1 is 0.935 bits per heavy atom. The van der Waals surface area contributed by atoms with Gasteiger partial charge in [-0.25, -0.2) is 4.39 Å². The molecule has 0 spiro atoms. The fourth-order valence-electron chi connectivity index (χ4n) is 5.42. The van der Waals surface area contributed by atoms with Gasteiger partial charge in [-0.2, -0.15) is 22.0 Å². The Morgan fingerprint density at radius 2 is 1.55 bits per heavy atom. The van der Waals surface area contributed by atoms with Gasteiger partial charge in [0.05, 0.1) is 0 Å². The van der Waals surface area contributed by atoms with Gasteiger partial charge in [0.2, 0.25) is 0 Å². The van der Waals surface area contributed by atoms with Gasteiger partial charge in [0, 0.05) is 8.80 Å². The van der Waals surface area contributed by atoms with Gasteiger partial charge in [0.1, 0.15) is 0 Å². The van der Waals surface area contributed by atoms with Gasteiger partial charge in [-0.15, -0.1) is 0 Å². The van der Waals surface area contributed by atoms with E-state index >= 15 is 0 Å². The van der Waals surface area contributed by atoms with E-state index in [1.807, 2.05) is 0 Å². The predicted octanol–water partition coefficient (Wildman–Crippen LogP) is 7.72. The van der Waals surface area contributed by atoms with E-state index in [1.54, 1.807) is 6.07 Å². The maximum atomic E-state index is 14.3. The van der Waals surface area contributed by atoms with Crippen molar-refractivity contribution < 1.29 is 31.1 Å². The number of halogens is 6. The SMILES string of the molecule is CCC[SiH]1CCC(C2CCC(c3ccc(OCC(F)(F)C(F)(F)F)c(F)c3)CC2)CC1. The van der Waals surface area contributed by atoms with Crippen molar-refractivity contribution in [2.24, 2.45) is 11.8 Å². The van der Waals surface area contributed by atoms with Crippen LogP contribution in [0.3, 0.4) is 0 Å². The van der Waals surface area contributed by atoms with Crippen LogP contribution in [0.4, 0.5) is 26.3 Å². The van der Waals surface area contributed by atoms with E-state index in [-0.39, 0.29) is 5.92 Å². The summed E-state index contributed by atoms with van der Waals surface area (Å²) < 4.78 is 81.5. The van der Waals surface area contributed by atoms with Crippen LogP contribution in [-0.4, -0.2) is 27.5 Å². The van der Waals surface area contributed by atoms with E-state index in [0.29, 0.717) is 0 Å². The molecule has 1 heterocycles. The lowest BCUT2D eigenvalue weighted by Crippen LogP contribution is -2.41. The lowest BCUT2D eigenvalue weighted by Gasteiger charge is -2.37. The number of ether oxygens (including phenoxy) is 1. The van der Waals surface area contributed by atoms with Crippen molar-refractivity contribution >= 4 is 8.80 Å². The fraction of sp³-hybridized carbons (Fsp3) is 0.739. The van der Waals surface area contributed by atoms with Crippen LogP contribution in [0.1, 0.15) is 63.4 Å². The Morgan fingerprint density at radius 3 is 2.10 bits per heavy atom. The number of rotatable bonds is 7. The van der Waals surface area contributed by atoms with Crippen molar-refractivity contribution in [2.45, 2.75) is 88.0 Å². The summed E-state index contributed by atoms with van der Waals surface area (Å²) in [7, 11) is -0.481. The number of hydrogen-bond acceptors (Lipinski definition) is 1. The van der Waals surface area contributed by atoms with Crippen LogP contribution in [0.25, 0.3) is 0 Å². The maximum absolute atomic E-state index is 14.3. The van der Waals surface area contributed by atoms with Crippen molar-refractivity contribution in [3.8, 4) is 5.75 Å². The van der Waals surface area contributed by atoms with Crippen LogP contribution in [0, 0.1) is 17.7 Å². The van der Waals surface area contributed by atoms with Crippen molar-refractivity contribution in [2.75, 3.05) is 6.61 Å². The van der Waals surface area contributed by atoms with Gasteiger partial charge >= 0.3 is 12.1 Å². The molecule has 0 amide bonds. The zero-order valence-corrected chi connectivity index (χ0v) is 19.2. The van der Waals surface area contributed by atoms with Crippen LogP contribution in [-0.2, 0) is 0 Å². The molecule has 3 rings (SSSR count). The summed E-state index contributed by atoms with van der Waals surface area (Å²) in [6.45, 7) is 0.348. The van der Waals surface area contributed by atoms with Gasteiger partial charge in [-0.3, -0.25) is 0 Å². The number of hydrogen-bond donors (Lipinski definition) is 0. The second-order valence-corrected chi connectivity index (χ2v) is 12.8. The Kier molecular flexibility index (Phi) is 8.03. The summed E-state index contributed by atoms with van der Waals surface area (Å²) in [5.74, 6) is -4.73. The monoisotopic (exact) mass is 466 g/mol. The summed E-state index contributed by atoms with van der Waals surface area (Å²) in [6.07, 6.45) is 2.49. The molecule has 1 aromatic carbocycles. The Bertz CT molecular complexity index is 707. The van der Waals surface area contributed by atoms with Crippen molar-refractivity contribution in [3.05, 3.63) is 29.6 Å². The molecule has 1 saturated carbocycles. The van der Waals surface area contributed by atoms with Crippen LogP contribution in [0.5, 0.6) is 5.75 Å². The second-order valence-electron chi connectivity index (χ2n) is 9.36. The third kappa shape index (κ3) is 6.20. The zero-order valence-electron chi connectivity index (χ0n) is 18.0. The van der Waals surface area contributed by atoms with Crippen LogP contribution in [0.2, 0.25) is 18.1 Å². The first-order valence-corrected chi connectivity index (χ1v) is 13.9. The molecule has 0 atom stereocenters. The minimum absolute atomic E-state index is 0.197. The normalized spacial score (nSPS) is 27.8. The summed E-state index contributed by atoms with van der Waals surface area (Å²) in [5.41, 5.74) is 0.768. The molecule has 8 heteroatoms. The largest absolute Gasteiger partial charge is 0.484 e. The summed E-state index contributed by atoms with van der Waals surface area (Å²) in [5, 5.41) is 0. The molecule has 0 radical (unpaired) electrons. The molecule has 0 unspecified atom stereocenters. The third-order valence-corrected chi connectivity index (χ3v) is 11.0. The lowest BCUT2D eigenvalue weighted by molar-refractivity contribution is -0.290. The predicted molar refractivity (Wildman–Crippen MR) is 112 cm³/mol. The van der Waals surface area contributed by atoms with E-state index in [9.17, 15) is 26.3 Å². The number of alkyl halides is 5. The summed E-state index contributed by atoms with van der Waals surface area (Å²) in [6, 6.07) is 8.41. The van der Waals surface area contributed by atoms with Gasteiger partial charge in [-0.1, -0.05) is 50.4 Å². The highest BCUT2D eigenvalue weighted by atomic mass is 28.3. The van der Waals surface area contributed by atoms with Crippen molar-refractivity contribution in [1.29, 1.82) is 0 Å². The molecule has 0 aromatic heterocycles. The van der Waals surface area contributed by atoms with Gasteiger partial charge in [0.25, 0.3) is 0 Å². The lowest BCUT2D eigenvalue weighted by atomic mass is 9.72. The highest BCUT2D eigenvalue weighted by Crippen LogP contribution is 2.44. The Hall–Kier alpha value is -1.18. The van der Waals surface area contributed by atoms with Crippen LogP contribution in [0.15, 0.2) is 18.2 Å². The van der Waals surface area contributed by atoms with Crippen LogP contribution >= 0.6 is 0 Å². The molecule has 2 aliphatic rings. The standard InChI is InChI=1S/C23H32F6OSi/c1-2-11-31-12-9-18(10-13-31)16-3-5-17(6-4-16)19-7-8-21(20(24)14-19)30-15-22(25,26)23(27,28)29/h7-8,14,16-18,31H,2-6,9-13,15H2,1H3. The molecule has 0 bridgehead atoms. The molecule has 1 nitrogen and oxygen atoms in total. The molecule has 31 heavy (non-hydrogen) atoms. The first-order chi connectivity index (χ1) is 14.6. The van der Waals surface area contributed by atoms with Crippen molar-refractivity contribution in [1.82, 2.24) is 0 Å². The van der Waals surface area contributed by atoms with E-state index in [0.717, 1.165) is 43.1 Å². The smallest absolute Gasteiger partial charge is 0.456 e. The van der Waals surface area contributed by atoms with Crippen molar-refractivity contribution in [3.63, 3.8) is 0 Å². The zero-order chi connectivity index (χ0) is 22.6. The Balaban J connectivity index is 1.50. The van der Waals surface area contributed by atoms with E-state index in [1.165, 1.54) is 49.5 Å². The summed E-state index contributed by atoms with van der Waals surface area (Å²) in [4.78, 5) is 0. The average molecular weight is 467 g/mol. The summed E-state index contributed by atoms with van der Waals surface area (Å²) >= 11 is 0. The minimum Gasteiger partial charge on any atom is -0.484 e. The molecule has 0 N–H and O–H groups in total. The molecule has 1 aromatic rings. The molecule has 1 aliphatic heterocycles. The first-order valence-electron chi connectivity index (χ1n) is 11.5. The average Bonchev–Trinajstić information content (AvgIpc) is 2.73. The topological polar surface area (TPSA) is 9.23 Å². The van der Waals surface area contributed by atoms with E-state index in [4.69, 9.17) is 0 Å². The first kappa shape index (κ1) is 24.5. The highest BCUT2D eigenvalue weighted by molar-refractivity contribution is 6.58. The van der Waals surface area contributed by atoms with Crippen LogP contribution < -0.4 is 4.74 Å². The van der Waals surface area contributed by atoms with Gasteiger partial charge in [-0.05, 0) is 61.1 Å². The van der Waals surface area contributed by atoms with Gasteiger partial charge < -0.3 is 4.74 Å². The number of benzene rings is 1. The molecule has 1 saturated heterocycles. The molecule has 176 valence electrons. The third-order valence-electron chi connectivity index (χ3n) is 7.28. The molecule has 2 fully saturated rings. The van der Waals surface area contributed by atoms with E-state index < -0.39 is 39.1 Å².